The van der Waals surface area contributed by atoms with E-state index < -0.39 is 0 Å². The van der Waals surface area contributed by atoms with Gasteiger partial charge < -0.3 is 10.6 Å². The van der Waals surface area contributed by atoms with Crippen LogP contribution in [0, 0.1) is 0 Å². The van der Waals surface area contributed by atoms with Crippen molar-refractivity contribution in [2.24, 2.45) is 5.73 Å². The van der Waals surface area contributed by atoms with Crippen molar-refractivity contribution in [3.63, 3.8) is 0 Å². The molecule has 1 fully saturated rings. The number of hydrogen-bond acceptors (Lipinski definition) is 2. The van der Waals surface area contributed by atoms with E-state index in [1.54, 1.807) is 0 Å². The Kier molecular flexibility index (Phi) is 6.83. The summed E-state index contributed by atoms with van der Waals surface area (Å²) in [5.74, 6) is 0.242. The van der Waals surface area contributed by atoms with Gasteiger partial charge in [0.25, 0.3) is 0 Å². The van der Waals surface area contributed by atoms with Crippen molar-refractivity contribution in [1.29, 1.82) is 0 Å². The zero-order chi connectivity index (χ0) is 13.0. The zero-order valence-corrected chi connectivity index (χ0v) is 13.3. The van der Waals surface area contributed by atoms with Crippen LogP contribution in [-0.4, -0.2) is 29.9 Å². The lowest BCUT2D eigenvalue weighted by molar-refractivity contribution is -0.131. The largest absolute Gasteiger partial charge is 0.338 e. The van der Waals surface area contributed by atoms with Crippen molar-refractivity contribution in [3.05, 3.63) is 34.3 Å². The number of carbonyl (C=O) groups is 1. The summed E-state index contributed by atoms with van der Waals surface area (Å²) in [5, 5.41) is 0. The SMILES string of the molecule is Cl.NCC1CCCN1C(=O)CCc1ccc(Br)cc1. The number of likely N-dealkylation sites (tertiary alicyclic amines) is 1. The maximum atomic E-state index is 12.1. The van der Waals surface area contributed by atoms with Gasteiger partial charge in [0.15, 0.2) is 0 Å². The van der Waals surface area contributed by atoms with Crippen molar-refractivity contribution in [3.8, 4) is 0 Å². The molecule has 5 heteroatoms. The van der Waals surface area contributed by atoms with Gasteiger partial charge in [-0.2, -0.15) is 0 Å². The first-order chi connectivity index (χ1) is 8.70. The molecule has 106 valence electrons. The lowest BCUT2D eigenvalue weighted by atomic mass is 10.1. The topological polar surface area (TPSA) is 46.3 Å². The van der Waals surface area contributed by atoms with Crippen LogP contribution in [0.25, 0.3) is 0 Å². The summed E-state index contributed by atoms with van der Waals surface area (Å²) in [4.78, 5) is 14.1. The van der Waals surface area contributed by atoms with Gasteiger partial charge in [-0.3, -0.25) is 4.79 Å². The number of rotatable bonds is 4. The summed E-state index contributed by atoms with van der Waals surface area (Å²) in [5.41, 5.74) is 6.89. The normalized spacial score (nSPS) is 18.2. The van der Waals surface area contributed by atoms with Gasteiger partial charge in [0.05, 0.1) is 0 Å². The van der Waals surface area contributed by atoms with Crippen LogP contribution < -0.4 is 5.73 Å². The minimum Gasteiger partial charge on any atom is -0.338 e. The monoisotopic (exact) mass is 346 g/mol. The van der Waals surface area contributed by atoms with Crippen LogP contribution in [0.5, 0.6) is 0 Å². The molecule has 0 radical (unpaired) electrons. The van der Waals surface area contributed by atoms with Crippen LogP contribution in [-0.2, 0) is 11.2 Å². The Morgan fingerprint density at radius 1 is 1.37 bits per heavy atom. The maximum Gasteiger partial charge on any atom is 0.223 e. The van der Waals surface area contributed by atoms with Gasteiger partial charge in [-0.25, -0.2) is 0 Å². The summed E-state index contributed by atoms with van der Waals surface area (Å²) in [7, 11) is 0. The molecule has 1 unspecified atom stereocenters. The number of amides is 1. The second-order valence-corrected chi connectivity index (χ2v) is 5.66. The molecule has 0 aliphatic carbocycles. The lowest BCUT2D eigenvalue weighted by Crippen LogP contribution is -2.39. The van der Waals surface area contributed by atoms with Gasteiger partial charge in [-0.1, -0.05) is 28.1 Å². The molecule has 1 aliphatic rings. The molecular formula is C14H20BrClN2O. The molecule has 0 aromatic heterocycles. The fourth-order valence-corrected chi connectivity index (χ4v) is 2.72. The third kappa shape index (κ3) is 4.48. The van der Waals surface area contributed by atoms with E-state index in [1.807, 2.05) is 17.0 Å². The molecule has 19 heavy (non-hydrogen) atoms. The summed E-state index contributed by atoms with van der Waals surface area (Å²) >= 11 is 3.41. The number of nitrogens with zero attached hydrogens (tertiary/aromatic N) is 1. The lowest BCUT2D eigenvalue weighted by Gasteiger charge is -2.23. The molecule has 3 nitrogen and oxygen atoms in total. The molecule has 1 saturated heterocycles. The molecule has 0 spiro atoms. The molecule has 1 aliphatic heterocycles. The van der Waals surface area contributed by atoms with E-state index in [2.05, 4.69) is 28.1 Å². The van der Waals surface area contributed by atoms with Gasteiger partial charge >= 0.3 is 0 Å². The number of aryl methyl sites for hydroxylation is 1. The highest BCUT2D eigenvalue weighted by atomic mass is 79.9. The Morgan fingerprint density at radius 3 is 2.68 bits per heavy atom. The third-order valence-electron chi connectivity index (χ3n) is 3.51. The Labute approximate surface area is 129 Å². The Bertz CT molecular complexity index is 410. The van der Waals surface area contributed by atoms with E-state index in [9.17, 15) is 4.79 Å². The molecule has 1 aromatic carbocycles. The standard InChI is InChI=1S/C14H19BrN2O.ClH/c15-12-6-3-11(4-7-12)5-8-14(18)17-9-1-2-13(17)10-16;/h3-4,6-7,13H,1-2,5,8-10,16H2;1H. The highest BCUT2D eigenvalue weighted by Gasteiger charge is 2.26. The summed E-state index contributed by atoms with van der Waals surface area (Å²) in [6, 6.07) is 8.41. The van der Waals surface area contributed by atoms with E-state index in [1.165, 1.54) is 5.56 Å². The number of nitrogens with two attached hydrogens (primary N) is 1. The Balaban J connectivity index is 0.00000180. The zero-order valence-electron chi connectivity index (χ0n) is 10.8. The van der Waals surface area contributed by atoms with Crippen LogP contribution in [0.15, 0.2) is 28.7 Å². The first kappa shape index (κ1) is 16.5. The molecule has 0 bridgehead atoms. The first-order valence-corrected chi connectivity index (χ1v) is 7.24. The fourth-order valence-electron chi connectivity index (χ4n) is 2.46. The van der Waals surface area contributed by atoms with Crippen LogP contribution in [0.1, 0.15) is 24.8 Å². The summed E-state index contributed by atoms with van der Waals surface area (Å²) in [6.07, 6.45) is 3.53. The quantitative estimate of drug-likeness (QED) is 0.910. The van der Waals surface area contributed by atoms with E-state index >= 15 is 0 Å². The van der Waals surface area contributed by atoms with Gasteiger partial charge in [0.2, 0.25) is 5.91 Å². The molecule has 2 rings (SSSR count). The number of carbonyl (C=O) groups excluding carboxylic acids is 1. The van der Waals surface area contributed by atoms with Crippen molar-refractivity contribution in [2.45, 2.75) is 31.7 Å². The number of benzene rings is 1. The van der Waals surface area contributed by atoms with Crippen LogP contribution in [0.4, 0.5) is 0 Å². The molecule has 2 N–H and O–H groups in total. The molecule has 1 aromatic rings. The average Bonchev–Trinajstić information content (AvgIpc) is 2.86. The van der Waals surface area contributed by atoms with E-state index in [-0.39, 0.29) is 24.4 Å². The van der Waals surface area contributed by atoms with Crippen LogP contribution in [0.2, 0.25) is 0 Å². The van der Waals surface area contributed by atoms with Crippen molar-refractivity contribution < 1.29 is 4.79 Å². The second kappa shape index (κ2) is 7.88. The average molecular weight is 348 g/mol. The van der Waals surface area contributed by atoms with Gasteiger partial charge in [0.1, 0.15) is 0 Å². The molecular weight excluding hydrogens is 328 g/mol. The van der Waals surface area contributed by atoms with Crippen molar-refractivity contribution in [1.82, 2.24) is 4.90 Å². The fraction of sp³-hybridized carbons (Fsp3) is 0.500. The predicted octanol–water partition coefficient (Wildman–Crippen LogP) is 2.75. The third-order valence-corrected chi connectivity index (χ3v) is 4.04. The minimum atomic E-state index is 0. The highest BCUT2D eigenvalue weighted by molar-refractivity contribution is 9.10. The number of halogens is 2. The Hall–Kier alpha value is -0.580. The molecule has 1 amide bonds. The molecule has 1 heterocycles. The van der Waals surface area contributed by atoms with Gasteiger partial charge in [-0.05, 0) is 37.0 Å². The summed E-state index contributed by atoms with van der Waals surface area (Å²) < 4.78 is 1.07. The van der Waals surface area contributed by atoms with E-state index in [0.717, 1.165) is 30.3 Å². The first-order valence-electron chi connectivity index (χ1n) is 6.44. The van der Waals surface area contributed by atoms with Gasteiger partial charge in [0, 0.05) is 30.0 Å². The second-order valence-electron chi connectivity index (χ2n) is 4.75. The smallest absolute Gasteiger partial charge is 0.223 e. The van der Waals surface area contributed by atoms with Gasteiger partial charge in [-0.15, -0.1) is 12.4 Å². The highest BCUT2D eigenvalue weighted by Crippen LogP contribution is 2.18. The molecule has 0 saturated carbocycles. The number of hydrogen-bond donors (Lipinski definition) is 1. The van der Waals surface area contributed by atoms with E-state index in [4.69, 9.17) is 5.73 Å². The van der Waals surface area contributed by atoms with Crippen molar-refractivity contribution >= 4 is 34.2 Å². The Morgan fingerprint density at radius 2 is 2.05 bits per heavy atom. The molecule has 1 atom stereocenters. The maximum absolute atomic E-state index is 12.1. The predicted molar refractivity (Wildman–Crippen MR) is 83.5 cm³/mol. The van der Waals surface area contributed by atoms with E-state index in [0.29, 0.717) is 13.0 Å². The van der Waals surface area contributed by atoms with Crippen molar-refractivity contribution in [2.75, 3.05) is 13.1 Å². The van der Waals surface area contributed by atoms with Crippen LogP contribution >= 0.6 is 28.3 Å². The van der Waals surface area contributed by atoms with Crippen LogP contribution in [0.3, 0.4) is 0 Å². The summed E-state index contributed by atoms with van der Waals surface area (Å²) in [6.45, 7) is 1.46. The minimum absolute atomic E-state index is 0.